The fraction of sp³-hybridized carbons (Fsp3) is 0.222. The van der Waals surface area contributed by atoms with Crippen molar-refractivity contribution < 1.29 is 5.11 Å². The van der Waals surface area contributed by atoms with E-state index in [1.165, 1.54) is 16.7 Å². The topological polar surface area (TPSA) is 20.2 Å². The Hall–Kier alpha value is -2.02. The minimum absolute atomic E-state index is 0.368. The number of phenols is 1. The molecule has 19 heavy (non-hydrogen) atoms. The van der Waals surface area contributed by atoms with Gasteiger partial charge in [-0.3, -0.25) is 0 Å². The molecule has 0 amide bonds. The van der Waals surface area contributed by atoms with Crippen molar-refractivity contribution in [1.29, 1.82) is 0 Å². The van der Waals surface area contributed by atoms with E-state index in [-0.39, 0.29) is 0 Å². The lowest BCUT2D eigenvalue weighted by Crippen LogP contribution is -1.93. The van der Waals surface area contributed by atoms with E-state index in [2.05, 4.69) is 38.1 Å². The molecule has 0 spiro atoms. The molecular weight excluding hydrogens is 232 g/mol. The highest BCUT2D eigenvalue weighted by Crippen LogP contribution is 2.35. The van der Waals surface area contributed by atoms with Gasteiger partial charge in [-0.05, 0) is 48.4 Å². The summed E-state index contributed by atoms with van der Waals surface area (Å²) >= 11 is 0. The van der Waals surface area contributed by atoms with Gasteiger partial charge in [-0.15, -0.1) is 0 Å². The molecule has 1 heteroatoms. The summed E-state index contributed by atoms with van der Waals surface area (Å²) in [6.45, 7) is 6.20. The van der Waals surface area contributed by atoms with Crippen molar-refractivity contribution in [2.24, 2.45) is 0 Å². The highest BCUT2D eigenvalue weighted by atomic mass is 16.3. The Bertz CT molecular complexity index is 648. The minimum atomic E-state index is 0.368. The van der Waals surface area contributed by atoms with Gasteiger partial charge in [0.1, 0.15) is 5.75 Å². The molecule has 0 aliphatic heterocycles. The molecule has 2 aromatic carbocycles. The summed E-state index contributed by atoms with van der Waals surface area (Å²) in [4.78, 5) is 0. The van der Waals surface area contributed by atoms with Crippen molar-refractivity contribution in [2.45, 2.75) is 27.2 Å². The summed E-state index contributed by atoms with van der Waals surface area (Å²) in [5.74, 6) is 0.368. The van der Waals surface area contributed by atoms with Crippen LogP contribution < -0.4 is 0 Å². The monoisotopic (exact) mass is 252 g/mol. The van der Waals surface area contributed by atoms with Crippen LogP contribution in [0.4, 0.5) is 0 Å². The number of aryl methyl sites for hydroxylation is 1. The van der Waals surface area contributed by atoms with Gasteiger partial charge < -0.3 is 5.11 Å². The molecule has 1 nitrogen and oxygen atoms in total. The first-order valence-corrected chi connectivity index (χ1v) is 6.75. The maximum atomic E-state index is 10.2. The molecule has 0 aliphatic carbocycles. The zero-order chi connectivity index (χ0) is 13.8. The number of allylic oxidation sites excluding steroid dienone is 4. The molecule has 0 atom stereocenters. The van der Waals surface area contributed by atoms with Gasteiger partial charge in [-0.2, -0.15) is 0 Å². The summed E-state index contributed by atoms with van der Waals surface area (Å²) in [6, 6.07) is 9.92. The second-order valence-corrected chi connectivity index (χ2v) is 4.57. The number of rotatable bonds is 3. The SMILES string of the molecule is C/C=C\C(=C/C)c1c(CC)cc(O)c2ccccc12. The van der Waals surface area contributed by atoms with Gasteiger partial charge in [-0.1, -0.05) is 49.4 Å². The van der Waals surface area contributed by atoms with Crippen LogP contribution in [0.3, 0.4) is 0 Å². The standard InChI is InChI=1S/C18H20O/c1-4-9-13(5-2)18-14(6-3)12-17(19)15-10-7-8-11-16(15)18/h4-5,7-12,19H,6H2,1-3H3/b9-4-,13-5+. The highest BCUT2D eigenvalue weighted by Gasteiger charge is 2.12. The Morgan fingerprint density at radius 1 is 1.16 bits per heavy atom. The predicted octanol–water partition coefficient (Wildman–Crippen LogP) is 5.09. The number of hydrogen-bond donors (Lipinski definition) is 1. The van der Waals surface area contributed by atoms with Crippen LogP contribution in [0.15, 0.2) is 48.6 Å². The molecule has 0 fully saturated rings. The fourth-order valence-electron chi connectivity index (χ4n) is 2.54. The molecule has 0 unspecified atom stereocenters. The van der Waals surface area contributed by atoms with Crippen LogP contribution in [-0.2, 0) is 6.42 Å². The minimum Gasteiger partial charge on any atom is -0.507 e. The van der Waals surface area contributed by atoms with E-state index < -0.39 is 0 Å². The van der Waals surface area contributed by atoms with Gasteiger partial charge in [0.25, 0.3) is 0 Å². The Labute approximate surface area is 114 Å². The summed E-state index contributed by atoms with van der Waals surface area (Å²) in [5, 5.41) is 12.2. The number of fused-ring (bicyclic) bond motifs is 1. The first-order chi connectivity index (χ1) is 9.22. The molecule has 0 radical (unpaired) electrons. The second kappa shape index (κ2) is 5.75. The van der Waals surface area contributed by atoms with Crippen molar-refractivity contribution in [3.05, 3.63) is 59.7 Å². The molecule has 0 aromatic heterocycles. The summed E-state index contributed by atoms with van der Waals surface area (Å²) in [7, 11) is 0. The molecule has 0 saturated heterocycles. The van der Waals surface area contributed by atoms with Crippen LogP contribution in [0.25, 0.3) is 16.3 Å². The third kappa shape index (κ3) is 2.41. The zero-order valence-electron chi connectivity index (χ0n) is 11.8. The van der Waals surface area contributed by atoms with Gasteiger partial charge in [-0.25, -0.2) is 0 Å². The van der Waals surface area contributed by atoms with E-state index in [0.717, 1.165) is 17.2 Å². The molecule has 2 aromatic rings. The van der Waals surface area contributed by atoms with Crippen molar-refractivity contribution >= 4 is 16.3 Å². The number of hydrogen-bond acceptors (Lipinski definition) is 1. The van der Waals surface area contributed by atoms with Gasteiger partial charge in [0.05, 0.1) is 0 Å². The molecule has 0 saturated carbocycles. The lowest BCUT2D eigenvalue weighted by molar-refractivity contribution is 0.481. The maximum absolute atomic E-state index is 10.2. The maximum Gasteiger partial charge on any atom is 0.123 e. The van der Waals surface area contributed by atoms with E-state index >= 15 is 0 Å². The van der Waals surface area contributed by atoms with Crippen molar-refractivity contribution in [3.8, 4) is 5.75 Å². The molecule has 1 N–H and O–H groups in total. The van der Waals surface area contributed by atoms with Gasteiger partial charge in [0, 0.05) is 5.39 Å². The third-order valence-corrected chi connectivity index (χ3v) is 3.43. The number of benzene rings is 2. The number of phenolic OH excluding ortho intramolecular Hbond substituents is 1. The average molecular weight is 252 g/mol. The summed E-state index contributed by atoms with van der Waals surface area (Å²) in [5.41, 5.74) is 3.62. The van der Waals surface area contributed by atoms with Crippen molar-refractivity contribution in [2.75, 3.05) is 0 Å². The molecule has 2 rings (SSSR count). The van der Waals surface area contributed by atoms with E-state index in [0.29, 0.717) is 5.75 Å². The van der Waals surface area contributed by atoms with Crippen molar-refractivity contribution in [1.82, 2.24) is 0 Å². The fourth-order valence-corrected chi connectivity index (χ4v) is 2.54. The molecule has 98 valence electrons. The van der Waals surface area contributed by atoms with Crippen LogP contribution in [0.5, 0.6) is 5.75 Å². The van der Waals surface area contributed by atoms with Crippen molar-refractivity contribution in [3.63, 3.8) is 0 Å². The van der Waals surface area contributed by atoms with E-state index in [9.17, 15) is 5.11 Å². The predicted molar refractivity (Wildman–Crippen MR) is 83.5 cm³/mol. The second-order valence-electron chi connectivity index (χ2n) is 4.57. The Kier molecular flexibility index (Phi) is 4.06. The normalized spacial score (nSPS) is 12.5. The molecular formula is C18H20O. The van der Waals surface area contributed by atoms with Crippen LogP contribution in [0.1, 0.15) is 31.9 Å². The first kappa shape index (κ1) is 13.4. The molecule has 0 aliphatic rings. The van der Waals surface area contributed by atoms with Crippen LogP contribution in [0, 0.1) is 0 Å². The van der Waals surface area contributed by atoms with E-state index in [4.69, 9.17) is 0 Å². The Morgan fingerprint density at radius 3 is 2.42 bits per heavy atom. The number of aromatic hydroxyl groups is 1. The highest BCUT2D eigenvalue weighted by molar-refractivity contribution is 6.00. The van der Waals surface area contributed by atoms with Gasteiger partial charge in [0.2, 0.25) is 0 Å². The average Bonchev–Trinajstić information content (AvgIpc) is 2.45. The van der Waals surface area contributed by atoms with Gasteiger partial charge >= 0.3 is 0 Å². The quantitative estimate of drug-likeness (QED) is 0.755. The molecule has 0 heterocycles. The largest absolute Gasteiger partial charge is 0.507 e. The summed E-state index contributed by atoms with van der Waals surface area (Å²) < 4.78 is 0. The van der Waals surface area contributed by atoms with E-state index in [1.54, 1.807) is 0 Å². The van der Waals surface area contributed by atoms with Crippen LogP contribution in [0.2, 0.25) is 0 Å². The molecule has 0 bridgehead atoms. The van der Waals surface area contributed by atoms with E-state index in [1.807, 2.05) is 31.2 Å². The summed E-state index contributed by atoms with van der Waals surface area (Å²) in [6.07, 6.45) is 7.20. The zero-order valence-corrected chi connectivity index (χ0v) is 11.8. The lowest BCUT2D eigenvalue weighted by atomic mass is 9.91. The third-order valence-electron chi connectivity index (χ3n) is 3.43. The van der Waals surface area contributed by atoms with Gasteiger partial charge in [0.15, 0.2) is 0 Å². The smallest absolute Gasteiger partial charge is 0.123 e. The first-order valence-electron chi connectivity index (χ1n) is 6.75. The van der Waals surface area contributed by atoms with Crippen LogP contribution in [-0.4, -0.2) is 5.11 Å². The Balaban J connectivity index is 2.87. The van der Waals surface area contributed by atoms with Crippen LogP contribution >= 0.6 is 0 Å². The Morgan fingerprint density at radius 2 is 1.84 bits per heavy atom. The lowest BCUT2D eigenvalue weighted by Gasteiger charge is -2.14.